The van der Waals surface area contributed by atoms with E-state index in [0.717, 1.165) is 31.0 Å². The zero-order valence-electron chi connectivity index (χ0n) is 11.0. The predicted molar refractivity (Wildman–Crippen MR) is 73.6 cm³/mol. The summed E-state index contributed by atoms with van der Waals surface area (Å²) in [5.41, 5.74) is -0.0280. The maximum Gasteiger partial charge on any atom is 0.182 e. The second kappa shape index (κ2) is 6.01. The van der Waals surface area contributed by atoms with Crippen molar-refractivity contribution in [3.63, 3.8) is 0 Å². The Labute approximate surface area is 116 Å². The number of hydrogen-bond acceptors (Lipinski definition) is 3. The second-order valence-corrected chi connectivity index (χ2v) is 6.39. The first-order chi connectivity index (χ1) is 8.99. The molecule has 0 spiro atoms. The molecule has 0 N–H and O–H groups in total. The number of benzene rings is 1. The van der Waals surface area contributed by atoms with Gasteiger partial charge >= 0.3 is 0 Å². The summed E-state index contributed by atoms with van der Waals surface area (Å²) in [6, 6.07) is 2.74. The van der Waals surface area contributed by atoms with Gasteiger partial charge in [-0.1, -0.05) is 6.92 Å². The standard InChI is InChI=1S/C14H17F2NOS/c1-9-8-17(5-6-19-9)10(2)14(18)12-4-3-11(15)7-13(12)16/h3-4,7,9-10H,5-6,8H2,1-2H3. The van der Waals surface area contributed by atoms with E-state index in [1.807, 2.05) is 11.8 Å². The molecule has 104 valence electrons. The molecule has 1 aromatic carbocycles. The van der Waals surface area contributed by atoms with Crippen LogP contribution in [0.15, 0.2) is 18.2 Å². The van der Waals surface area contributed by atoms with Crippen LogP contribution in [0.3, 0.4) is 0 Å². The largest absolute Gasteiger partial charge is 0.292 e. The van der Waals surface area contributed by atoms with Gasteiger partial charge in [0.2, 0.25) is 0 Å². The molecular formula is C14H17F2NOS. The summed E-state index contributed by atoms with van der Waals surface area (Å²) in [6.45, 7) is 5.55. The highest BCUT2D eigenvalue weighted by Gasteiger charge is 2.28. The summed E-state index contributed by atoms with van der Waals surface area (Å²) in [4.78, 5) is 14.3. The summed E-state index contributed by atoms with van der Waals surface area (Å²) in [5.74, 6) is -0.748. The van der Waals surface area contributed by atoms with Crippen molar-refractivity contribution in [2.75, 3.05) is 18.8 Å². The Balaban J connectivity index is 2.14. The lowest BCUT2D eigenvalue weighted by atomic mass is 10.0. The molecule has 2 nitrogen and oxygen atoms in total. The number of hydrogen-bond donors (Lipinski definition) is 0. The van der Waals surface area contributed by atoms with Gasteiger partial charge in [-0.15, -0.1) is 0 Å². The second-order valence-electron chi connectivity index (χ2n) is 4.84. The lowest BCUT2D eigenvalue weighted by molar-refractivity contribution is 0.0840. The molecule has 0 aromatic heterocycles. The van der Waals surface area contributed by atoms with Crippen molar-refractivity contribution in [2.24, 2.45) is 0 Å². The van der Waals surface area contributed by atoms with Crippen molar-refractivity contribution >= 4 is 17.5 Å². The fourth-order valence-corrected chi connectivity index (χ4v) is 3.32. The van der Waals surface area contributed by atoms with Gasteiger partial charge in [-0.3, -0.25) is 9.69 Å². The third kappa shape index (κ3) is 3.34. The summed E-state index contributed by atoms with van der Waals surface area (Å²) in [6.07, 6.45) is 0. The van der Waals surface area contributed by atoms with E-state index in [4.69, 9.17) is 0 Å². The average molecular weight is 285 g/mol. The predicted octanol–water partition coefficient (Wildman–Crippen LogP) is 2.97. The molecule has 0 aliphatic carbocycles. The van der Waals surface area contributed by atoms with E-state index < -0.39 is 11.6 Å². The molecule has 5 heteroatoms. The van der Waals surface area contributed by atoms with Crippen molar-refractivity contribution < 1.29 is 13.6 Å². The van der Waals surface area contributed by atoms with Gasteiger partial charge in [0.1, 0.15) is 11.6 Å². The number of carbonyl (C=O) groups is 1. The van der Waals surface area contributed by atoms with E-state index in [-0.39, 0.29) is 17.4 Å². The zero-order chi connectivity index (χ0) is 14.0. The van der Waals surface area contributed by atoms with Crippen LogP contribution in [0.5, 0.6) is 0 Å². The van der Waals surface area contributed by atoms with Gasteiger partial charge in [0.15, 0.2) is 5.78 Å². The summed E-state index contributed by atoms with van der Waals surface area (Å²) < 4.78 is 26.5. The van der Waals surface area contributed by atoms with Crippen LogP contribution in [-0.4, -0.2) is 40.8 Å². The fourth-order valence-electron chi connectivity index (χ4n) is 2.28. The number of nitrogens with zero attached hydrogens (tertiary/aromatic N) is 1. The Morgan fingerprint density at radius 3 is 2.84 bits per heavy atom. The topological polar surface area (TPSA) is 20.3 Å². The molecular weight excluding hydrogens is 268 g/mol. The molecule has 2 atom stereocenters. The highest BCUT2D eigenvalue weighted by Crippen LogP contribution is 2.21. The van der Waals surface area contributed by atoms with E-state index in [0.29, 0.717) is 5.25 Å². The molecule has 0 radical (unpaired) electrons. The van der Waals surface area contributed by atoms with Crippen molar-refractivity contribution in [1.82, 2.24) is 4.90 Å². The smallest absolute Gasteiger partial charge is 0.182 e. The molecule has 0 saturated carbocycles. The Bertz CT molecular complexity index is 481. The highest BCUT2D eigenvalue weighted by molar-refractivity contribution is 7.99. The molecule has 1 aliphatic rings. The van der Waals surface area contributed by atoms with Crippen molar-refractivity contribution in [3.05, 3.63) is 35.4 Å². The van der Waals surface area contributed by atoms with Crippen molar-refractivity contribution in [3.8, 4) is 0 Å². The molecule has 1 aliphatic heterocycles. The van der Waals surface area contributed by atoms with E-state index >= 15 is 0 Å². The first-order valence-corrected chi connectivity index (χ1v) is 7.39. The van der Waals surface area contributed by atoms with Crippen LogP contribution in [0.4, 0.5) is 8.78 Å². The van der Waals surface area contributed by atoms with Gasteiger partial charge in [-0.25, -0.2) is 8.78 Å². The number of rotatable bonds is 3. The number of thioether (sulfide) groups is 1. The van der Waals surface area contributed by atoms with Gasteiger partial charge in [0, 0.05) is 30.2 Å². The molecule has 1 saturated heterocycles. The summed E-state index contributed by atoms with van der Waals surface area (Å²) in [7, 11) is 0. The van der Waals surface area contributed by atoms with E-state index in [9.17, 15) is 13.6 Å². The minimum atomic E-state index is -0.781. The lowest BCUT2D eigenvalue weighted by Gasteiger charge is -2.34. The summed E-state index contributed by atoms with van der Waals surface area (Å²) >= 11 is 1.88. The minimum Gasteiger partial charge on any atom is -0.292 e. The first kappa shape index (κ1) is 14.5. The third-order valence-electron chi connectivity index (χ3n) is 3.40. The van der Waals surface area contributed by atoms with Crippen LogP contribution in [0, 0.1) is 11.6 Å². The van der Waals surface area contributed by atoms with Crippen LogP contribution in [0.2, 0.25) is 0 Å². The lowest BCUT2D eigenvalue weighted by Crippen LogP contribution is -2.46. The van der Waals surface area contributed by atoms with Crippen LogP contribution in [-0.2, 0) is 0 Å². The Morgan fingerprint density at radius 1 is 1.47 bits per heavy atom. The molecule has 2 unspecified atom stereocenters. The van der Waals surface area contributed by atoms with Gasteiger partial charge in [0.25, 0.3) is 0 Å². The third-order valence-corrected chi connectivity index (χ3v) is 4.53. The molecule has 1 fully saturated rings. The van der Waals surface area contributed by atoms with Gasteiger partial charge in [0.05, 0.1) is 11.6 Å². The fraction of sp³-hybridized carbons (Fsp3) is 0.500. The maximum atomic E-state index is 13.6. The molecule has 1 heterocycles. The number of carbonyl (C=O) groups excluding carboxylic acids is 1. The first-order valence-electron chi connectivity index (χ1n) is 6.34. The van der Waals surface area contributed by atoms with Gasteiger partial charge in [-0.2, -0.15) is 11.8 Å². The summed E-state index contributed by atoms with van der Waals surface area (Å²) in [5, 5.41) is 0.474. The Hall–Kier alpha value is -0.940. The van der Waals surface area contributed by atoms with E-state index in [2.05, 4.69) is 11.8 Å². The van der Waals surface area contributed by atoms with E-state index in [1.165, 1.54) is 6.07 Å². The monoisotopic (exact) mass is 285 g/mol. The average Bonchev–Trinajstić information content (AvgIpc) is 2.37. The van der Waals surface area contributed by atoms with Crippen LogP contribution in [0.1, 0.15) is 24.2 Å². The number of ketones is 1. The maximum absolute atomic E-state index is 13.6. The van der Waals surface area contributed by atoms with Crippen molar-refractivity contribution in [1.29, 1.82) is 0 Å². The van der Waals surface area contributed by atoms with Gasteiger partial charge < -0.3 is 0 Å². The van der Waals surface area contributed by atoms with Crippen LogP contribution >= 0.6 is 11.8 Å². The Kier molecular flexibility index (Phi) is 4.58. The minimum absolute atomic E-state index is 0.0280. The van der Waals surface area contributed by atoms with Crippen LogP contribution < -0.4 is 0 Å². The molecule has 0 bridgehead atoms. The SMILES string of the molecule is CC1CN(C(C)C(=O)c2ccc(F)cc2F)CCS1. The normalized spacial score (nSPS) is 22.2. The number of halogens is 2. The zero-order valence-corrected chi connectivity index (χ0v) is 11.8. The number of Topliss-reactive ketones (excluding diaryl/α,β-unsaturated/α-hetero) is 1. The quantitative estimate of drug-likeness (QED) is 0.796. The highest BCUT2D eigenvalue weighted by atomic mass is 32.2. The molecule has 19 heavy (non-hydrogen) atoms. The van der Waals surface area contributed by atoms with Gasteiger partial charge in [-0.05, 0) is 19.1 Å². The Morgan fingerprint density at radius 2 is 2.21 bits per heavy atom. The molecule has 1 aromatic rings. The van der Waals surface area contributed by atoms with Crippen LogP contribution in [0.25, 0.3) is 0 Å². The molecule has 0 amide bonds. The molecule has 2 rings (SSSR count). The van der Waals surface area contributed by atoms with Crippen molar-refractivity contribution in [2.45, 2.75) is 25.1 Å². The van der Waals surface area contributed by atoms with E-state index in [1.54, 1.807) is 6.92 Å².